The van der Waals surface area contributed by atoms with Crippen LogP contribution in [0.1, 0.15) is 50.8 Å². The van der Waals surface area contributed by atoms with Crippen molar-refractivity contribution in [3.8, 4) is 11.3 Å². The zero-order chi connectivity index (χ0) is 28.9. The van der Waals surface area contributed by atoms with Crippen LogP contribution in [-0.2, 0) is 17.8 Å². The molecule has 4 aromatic rings. The van der Waals surface area contributed by atoms with E-state index in [2.05, 4.69) is 20.3 Å². The van der Waals surface area contributed by atoms with Gasteiger partial charge in [-0.2, -0.15) is 0 Å². The number of pyridine rings is 1. The SMILES string of the molecule is Cc1nc2c(F)cc(-c3nc(Nc4ccc5c(n4)CCN(C(=O)C(C)(C)N(C)C)C5)ncc3F)cc2n1C(C)C. The normalized spacial score (nSPS) is 13.8. The van der Waals surface area contributed by atoms with Gasteiger partial charge in [-0.05, 0) is 72.5 Å². The van der Waals surface area contributed by atoms with Crippen LogP contribution >= 0.6 is 0 Å². The molecule has 0 aliphatic carbocycles. The molecule has 0 radical (unpaired) electrons. The molecule has 0 saturated carbocycles. The molecule has 0 fully saturated rings. The fraction of sp³-hybridized carbons (Fsp3) is 0.414. The van der Waals surface area contributed by atoms with Gasteiger partial charge in [0.1, 0.15) is 22.9 Å². The van der Waals surface area contributed by atoms with Crippen molar-refractivity contribution < 1.29 is 13.6 Å². The number of likely N-dealkylation sites (N-methyl/N-ethyl adjacent to an activating group) is 1. The fourth-order valence-corrected chi connectivity index (χ4v) is 5.04. The van der Waals surface area contributed by atoms with Gasteiger partial charge in [-0.15, -0.1) is 0 Å². The van der Waals surface area contributed by atoms with Crippen LogP contribution in [0, 0.1) is 18.6 Å². The smallest absolute Gasteiger partial charge is 0.242 e. The van der Waals surface area contributed by atoms with Crippen molar-refractivity contribution in [1.82, 2.24) is 34.3 Å². The van der Waals surface area contributed by atoms with Crippen molar-refractivity contribution >= 4 is 28.7 Å². The molecule has 1 amide bonds. The van der Waals surface area contributed by atoms with Crippen molar-refractivity contribution in [2.75, 3.05) is 26.0 Å². The minimum Gasteiger partial charge on any atom is -0.336 e. The molecule has 1 aliphatic heterocycles. The number of amides is 1. The average molecular weight is 549 g/mol. The van der Waals surface area contributed by atoms with Gasteiger partial charge in [0.05, 0.1) is 17.3 Å². The largest absolute Gasteiger partial charge is 0.336 e. The highest BCUT2D eigenvalue weighted by Crippen LogP contribution is 2.31. The minimum absolute atomic E-state index is 0.0249. The third-order valence-corrected chi connectivity index (χ3v) is 7.68. The average Bonchev–Trinajstić information content (AvgIpc) is 3.25. The van der Waals surface area contributed by atoms with E-state index in [4.69, 9.17) is 4.98 Å². The van der Waals surface area contributed by atoms with E-state index in [9.17, 15) is 9.18 Å². The van der Waals surface area contributed by atoms with E-state index in [0.29, 0.717) is 42.2 Å². The minimum atomic E-state index is -0.666. The summed E-state index contributed by atoms with van der Waals surface area (Å²) in [7, 11) is 3.80. The zero-order valence-electron chi connectivity index (χ0n) is 23.9. The highest BCUT2D eigenvalue weighted by atomic mass is 19.1. The molecule has 9 nitrogen and oxygen atoms in total. The lowest BCUT2D eigenvalue weighted by Gasteiger charge is -2.38. The quantitative estimate of drug-likeness (QED) is 0.362. The molecule has 1 aromatic carbocycles. The fourth-order valence-electron chi connectivity index (χ4n) is 5.04. The lowest BCUT2D eigenvalue weighted by molar-refractivity contribution is -0.142. The first-order chi connectivity index (χ1) is 18.9. The molecule has 0 saturated heterocycles. The summed E-state index contributed by atoms with van der Waals surface area (Å²) in [6, 6.07) is 6.71. The number of imidazole rings is 1. The Bertz CT molecular complexity index is 1610. The molecule has 0 atom stereocenters. The molecule has 1 N–H and O–H groups in total. The van der Waals surface area contributed by atoms with Crippen LogP contribution in [0.5, 0.6) is 0 Å². The topological polar surface area (TPSA) is 92.1 Å². The van der Waals surface area contributed by atoms with Gasteiger partial charge < -0.3 is 14.8 Å². The molecule has 210 valence electrons. The Kier molecular flexibility index (Phi) is 7.03. The number of carbonyl (C=O) groups excluding carboxylic acids is 1. The molecule has 11 heteroatoms. The van der Waals surface area contributed by atoms with E-state index in [-0.39, 0.29) is 29.1 Å². The molecule has 4 heterocycles. The summed E-state index contributed by atoms with van der Waals surface area (Å²) < 4.78 is 31.8. The number of rotatable bonds is 6. The maximum absolute atomic E-state index is 15.0. The second-order valence-electron chi connectivity index (χ2n) is 11.2. The summed E-state index contributed by atoms with van der Waals surface area (Å²) in [6.07, 6.45) is 1.67. The van der Waals surface area contributed by atoms with E-state index in [0.717, 1.165) is 17.5 Å². The van der Waals surface area contributed by atoms with Crippen molar-refractivity contribution in [2.24, 2.45) is 0 Å². The van der Waals surface area contributed by atoms with Crippen LogP contribution in [0.3, 0.4) is 0 Å². The number of anilines is 2. The number of hydrogen-bond acceptors (Lipinski definition) is 7. The summed E-state index contributed by atoms with van der Waals surface area (Å²) in [5.74, 6) is 0.177. The van der Waals surface area contributed by atoms with E-state index in [1.807, 2.05) is 69.1 Å². The number of nitrogens with one attached hydrogen (secondary N) is 1. The van der Waals surface area contributed by atoms with Crippen LogP contribution in [0.4, 0.5) is 20.5 Å². The number of aromatic nitrogens is 5. The number of fused-ring (bicyclic) bond motifs is 2. The predicted molar refractivity (Wildman–Crippen MR) is 150 cm³/mol. The Hall–Kier alpha value is -3.99. The van der Waals surface area contributed by atoms with Crippen LogP contribution in [0.15, 0.2) is 30.5 Å². The maximum atomic E-state index is 15.0. The van der Waals surface area contributed by atoms with E-state index in [1.54, 1.807) is 12.1 Å². The summed E-state index contributed by atoms with van der Waals surface area (Å²) >= 11 is 0. The Morgan fingerprint density at radius 1 is 1.10 bits per heavy atom. The van der Waals surface area contributed by atoms with Crippen molar-refractivity contribution in [3.63, 3.8) is 0 Å². The molecular weight excluding hydrogens is 514 g/mol. The Labute approximate surface area is 232 Å². The second kappa shape index (κ2) is 10.2. The number of aryl methyl sites for hydroxylation is 1. The van der Waals surface area contributed by atoms with Crippen molar-refractivity contribution in [2.45, 2.75) is 59.2 Å². The molecule has 0 bridgehead atoms. The van der Waals surface area contributed by atoms with Crippen LogP contribution < -0.4 is 5.32 Å². The highest BCUT2D eigenvalue weighted by Gasteiger charge is 2.35. The van der Waals surface area contributed by atoms with E-state index in [1.165, 1.54) is 6.07 Å². The lowest BCUT2D eigenvalue weighted by Crippen LogP contribution is -2.54. The van der Waals surface area contributed by atoms with Gasteiger partial charge in [0.15, 0.2) is 11.6 Å². The summed E-state index contributed by atoms with van der Waals surface area (Å²) in [5, 5.41) is 3.05. The summed E-state index contributed by atoms with van der Waals surface area (Å²) in [6.45, 7) is 10.7. The van der Waals surface area contributed by atoms with E-state index >= 15 is 4.39 Å². The predicted octanol–water partition coefficient (Wildman–Crippen LogP) is 5.02. The Morgan fingerprint density at radius 2 is 1.85 bits per heavy atom. The highest BCUT2D eigenvalue weighted by molar-refractivity contribution is 5.86. The molecule has 0 spiro atoms. The standard InChI is InChI=1S/C29H34F2N8O/c1-16(2)39-17(3)33-26-20(30)12-19(13-23(26)39)25-21(31)14-32-28(36-25)35-24-9-8-18-15-38(11-10-22(18)34-24)27(40)29(4,5)37(6)7/h8-9,12-14,16H,10-11,15H2,1-7H3,(H,32,34,35,36). The van der Waals surface area contributed by atoms with Gasteiger partial charge in [-0.1, -0.05) is 6.07 Å². The third-order valence-electron chi connectivity index (χ3n) is 7.68. The van der Waals surface area contributed by atoms with Crippen LogP contribution in [0.2, 0.25) is 0 Å². The first-order valence-electron chi connectivity index (χ1n) is 13.3. The van der Waals surface area contributed by atoms with Gasteiger partial charge >= 0.3 is 0 Å². The Balaban J connectivity index is 1.40. The number of benzene rings is 1. The molecular formula is C29H34F2N8O. The number of carbonyl (C=O) groups is 1. The van der Waals surface area contributed by atoms with Gasteiger partial charge in [0.25, 0.3) is 0 Å². The molecule has 1 aliphatic rings. The molecule has 0 unspecified atom stereocenters. The van der Waals surface area contributed by atoms with Gasteiger partial charge in [-0.3, -0.25) is 9.69 Å². The Morgan fingerprint density at radius 3 is 2.55 bits per heavy atom. The molecule has 5 rings (SSSR count). The number of halogens is 2. The molecule has 3 aromatic heterocycles. The first kappa shape index (κ1) is 27.6. The number of nitrogens with zero attached hydrogens (tertiary/aromatic N) is 7. The zero-order valence-corrected chi connectivity index (χ0v) is 23.9. The van der Waals surface area contributed by atoms with Crippen LogP contribution in [0.25, 0.3) is 22.3 Å². The van der Waals surface area contributed by atoms with Crippen molar-refractivity contribution in [1.29, 1.82) is 0 Å². The monoisotopic (exact) mass is 548 g/mol. The first-order valence-corrected chi connectivity index (χ1v) is 13.3. The third kappa shape index (κ3) is 4.90. The summed E-state index contributed by atoms with van der Waals surface area (Å²) in [5.41, 5.74) is 2.33. The van der Waals surface area contributed by atoms with Gasteiger partial charge in [0, 0.05) is 36.8 Å². The van der Waals surface area contributed by atoms with Gasteiger partial charge in [0.2, 0.25) is 11.9 Å². The number of hydrogen-bond donors (Lipinski definition) is 1. The van der Waals surface area contributed by atoms with Gasteiger partial charge in [-0.25, -0.2) is 28.7 Å². The lowest BCUT2D eigenvalue weighted by atomic mass is 9.98. The van der Waals surface area contributed by atoms with Crippen LogP contribution in [-0.4, -0.2) is 66.4 Å². The maximum Gasteiger partial charge on any atom is 0.242 e. The molecule has 40 heavy (non-hydrogen) atoms. The second-order valence-corrected chi connectivity index (χ2v) is 11.2. The van der Waals surface area contributed by atoms with Crippen molar-refractivity contribution in [3.05, 3.63) is 59.2 Å². The summed E-state index contributed by atoms with van der Waals surface area (Å²) in [4.78, 5) is 34.4. The van der Waals surface area contributed by atoms with E-state index < -0.39 is 17.2 Å².